The van der Waals surface area contributed by atoms with E-state index in [1.54, 1.807) is 33.9 Å². The molecule has 2 aromatic rings. The average molecular weight is 594 g/mol. The van der Waals surface area contributed by atoms with Gasteiger partial charge in [0.25, 0.3) is 0 Å². The van der Waals surface area contributed by atoms with Gasteiger partial charge in [0.1, 0.15) is 17.1 Å². The number of ether oxygens (including phenoxy) is 3. The van der Waals surface area contributed by atoms with Crippen LogP contribution >= 0.6 is 11.6 Å². The third-order valence-electron chi connectivity index (χ3n) is 7.30. The summed E-state index contributed by atoms with van der Waals surface area (Å²) in [6, 6.07) is 13.5. The van der Waals surface area contributed by atoms with Crippen LogP contribution < -0.4 is 14.8 Å². The Morgan fingerprint density at radius 3 is 2.12 bits per heavy atom. The first-order valence-electron chi connectivity index (χ1n) is 13.8. The average Bonchev–Trinajstić information content (AvgIpc) is 2.85. The molecule has 0 spiro atoms. The molecule has 0 bridgehead atoms. The van der Waals surface area contributed by atoms with Crippen molar-refractivity contribution in [3.63, 3.8) is 0 Å². The minimum atomic E-state index is -2.15. The van der Waals surface area contributed by atoms with Crippen LogP contribution in [0.4, 0.5) is 4.79 Å². The lowest BCUT2D eigenvalue weighted by atomic mass is 9.92. The zero-order valence-electron chi connectivity index (χ0n) is 25.7. The molecule has 2 rings (SSSR count). The predicted molar refractivity (Wildman–Crippen MR) is 164 cm³/mol. The van der Waals surface area contributed by atoms with Crippen molar-refractivity contribution in [3.8, 4) is 11.5 Å². The van der Waals surface area contributed by atoms with E-state index in [0.717, 1.165) is 23.3 Å². The van der Waals surface area contributed by atoms with Crippen LogP contribution in [0.1, 0.15) is 59.1 Å². The summed E-state index contributed by atoms with van der Waals surface area (Å²) in [6.07, 6.45) is 1.09. The summed E-state index contributed by atoms with van der Waals surface area (Å²) in [7, 11) is -0.501. The monoisotopic (exact) mass is 593 g/mol. The maximum absolute atomic E-state index is 12.8. The number of halogens is 1. The number of hydrogen-bond donors (Lipinski definition) is 2. The van der Waals surface area contributed by atoms with Gasteiger partial charge in [0, 0.05) is 11.4 Å². The Balaban J connectivity index is 2.10. The molecule has 1 amide bonds. The summed E-state index contributed by atoms with van der Waals surface area (Å²) in [4.78, 5) is 12.8. The number of aliphatic hydroxyl groups is 1. The van der Waals surface area contributed by atoms with E-state index >= 15 is 0 Å². The topological polar surface area (TPSA) is 86.3 Å². The Labute approximate surface area is 246 Å². The van der Waals surface area contributed by atoms with Gasteiger partial charge in [0.15, 0.2) is 8.32 Å². The van der Waals surface area contributed by atoms with Crippen molar-refractivity contribution in [1.29, 1.82) is 0 Å². The number of alkyl carbamates (subject to hydrolysis) is 1. The maximum atomic E-state index is 12.8. The third-order valence-corrected chi connectivity index (χ3v) is 12.1. The van der Waals surface area contributed by atoms with Gasteiger partial charge in [0.2, 0.25) is 0 Å². The van der Waals surface area contributed by atoms with Crippen LogP contribution in [0.5, 0.6) is 11.5 Å². The minimum absolute atomic E-state index is 0.0212. The second kappa shape index (κ2) is 14.1. The summed E-state index contributed by atoms with van der Waals surface area (Å²) in [6.45, 7) is 16.6. The number of hydrogen-bond acceptors (Lipinski definition) is 6. The van der Waals surface area contributed by atoms with Gasteiger partial charge < -0.3 is 29.1 Å². The van der Waals surface area contributed by atoms with E-state index < -0.39 is 25.6 Å². The van der Waals surface area contributed by atoms with E-state index in [-0.39, 0.29) is 18.3 Å². The maximum Gasteiger partial charge on any atom is 0.408 e. The van der Waals surface area contributed by atoms with Crippen LogP contribution in [0, 0.1) is 0 Å². The Morgan fingerprint density at radius 2 is 1.60 bits per heavy atom. The van der Waals surface area contributed by atoms with Crippen molar-refractivity contribution >= 4 is 26.0 Å². The van der Waals surface area contributed by atoms with Crippen molar-refractivity contribution in [2.45, 2.75) is 90.1 Å². The zero-order chi connectivity index (χ0) is 30.2. The van der Waals surface area contributed by atoms with Crippen LogP contribution in [0.3, 0.4) is 0 Å². The Hall–Kier alpha value is -2.26. The number of nitrogens with one attached hydrogen (secondary N) is 1. The molecule has 0 heterocycles. The number of carbonyl (C=O) groups is 1. The number of benzene rings is 2. The van der Waals surface area contributed by atoms with E-state index in [1.807, 2.05) is 36.4 Å². The summed E-state index contributed by atoms with van der Waals surface area (Å²) in [5.74, 6) is 1.51. The van der Waals surface area contributed by atoms with Crippen LogP contribution in [-0.4, -0.2) is 57.6 Å². The van der Waals surface area contributed by atoms with Gasteiger partial charge in [-0.2, -0.15) is 0 Å². The highest BCUT2D eigenvalue weighted by atomic mass is 35.5. The molecule has 0 aliphatic rings. The molecule has 0 aliphatic heterocycles. The van der Waals surface area contributed by atoms with Crippen molar-refractivity contribution in [1.82, 2.24) is 5.32 Å². The number of amides is 1. The second-order valence-electron chi connectivity index (χ2n) is 12.8. The number of carbonyl (C=O) groups excluding carboxylic acids is 1. The lowest BCUT2D eigenvalue weighted by Crippen LogP contribution is -2.58. The Kier molecular flexibility index (Phi) is 11.9. The Morgan fingerprint density at radius 1 is 0.975 bits per heavy atom. The first-order valence-corrected chi connectivity index (χ1v) is 17.1. The lowest BCUT2D eigenvalue weighted by molar-refractivity contribution is 0.0289. The molecule has 0 saturated carbocycles. The molecule has 0 aromatic heterocycles. The molecule has 0 radical (unpaired) electrons. The normalized spacial score (nSPS) is 13.9. The molecule has 0 saturated heterocycles. The number of aliphatic hydroxyl groups excluding tert-OH is 1. The molecule has 7 nitrogen and oxygen atoms in total. The largest absolute Gasteiger partial charge is 0.497 e. The molecule has 2 N–H and O–H groups in total. The zero-order valence-corrected chi connectivity index (χ0v) is 27.4. The van der Waals surface area contributed by atoms with E-state index in [4.69, 9.17) is 30.2 Å². The van der Waals surface area contributed by atoms with E-state index in [2.05, 4.69) is 39.2 Å². The number of aryl methyl sites for hydroxylation is 1. The molecule has 0 fully saturated rings. The van der Waals surface area contributed by atoms with E-state index in [9.17, 15) is 9.90 Å². The fraction of sp³-hybridized carbons (Fsp3) is 0.581. The third kappa shape index (κ3) is 10.6. The molecular formula is C31H48ClNO6Si. The Bertz CT molecular complexity index is 1090. The van der Waals surface area contributed by atoms with Crippen molar-refractivity contribution < 1.29 is 28.5 Å². The van der Waals surface area contributed by atoms with Crippen LogP contribution in [0.15, 0.2) is 42.5 Å². The van der Waals surface area contributed by atoms with Crippen molar-refractivity contribution in [2.75, 3.05) is 26.9 Å². The number of methoxy groups -OCH3 is 1. The molecule has 40 heavy (non-hydrogen) atoms. The van der Waals surface area contributed by atoms with Gasteiger partial charge in [-0.25, -0.2) is 4.79 Å². The molecular weight excluding hydrogens is 546 g/mol. The lowest BCUT2D eigenvalue weighted by Gasteiger charge is -2.41. The molecule has 1 unspecified atom stereocenters. The molecule has 224 valence electrons. The highest BCUT2D eigenvalue weighted by Crippen LogP contribution is 2.37. The van der Waals surface area contributed by atoms with Crippen LogP contribution in [0.25, 0.3) is 0 Å². The highest BCUT2D eigenvalue weighted by Gasteiger charge is 2.41. The molecule has 2 aromatic carbocycles. The smallest absolute Gasteiger partial charge is 0.408 e. The van der Waals surface area contributed by atoms with E-state index in [1.165, 1.54) is 0 Å². The summed E-state index contributed by atoms with van der Waals surface area (Å²) < 4.78 is 23.1. The van der Waals surface area contributed by atoms with E-state index in [0.29, 0.717) is 30.2 Å². The van der Waals surface area contributed by atoms with Crippen molar-refractivity contribution in [2.24, 2.45) is 0 Å². The van der Waals surface area contributed by atoms with Gasteiger partial charge >= 0.3 is 6.09 Å². The van der Waals surface area contributed by atoms with Gasteiger partial charge in [-0.05, 0) is 87.1 Å². The quantitative estimate of drug-likeness (QED) is 0.239. The predicted octanol–water partition coefficient (Wildman–Crippen LogP) is 7.18. The van der Waals surface area contributed by atoms with Gasteiger partial charge in [-0.15, -0.1) is 0 Å². The first kappa shape index (κ1) is 33.9. The van der Waals surface area contributed by atoms with Crippen LogP contribution in [-0.2, 0) is 22.0 Å². The van der Waals surface area contributed by atoms with Crippen molar-refractivity contribution in [3.05, 3.63) is 58.6 Å². The fourth-order valence-electron chi connectivity index (χ4n) is 3.66. The van der Waals surface area contributed by atoms with Gasteiger partial charge in [-0.3, -0.25) is 0 Å². The standard InChI is InChI=1S/C31H48ClNO6Si/c1-29(2,3)39-28(35)33-31(21-34,22-38-40(8,9)30(4,5)6)18-16-24-12-15-26(20-27(24)32)37-19-17-23-10-13-25(36-7)14-11-23/h10-15,20,34H,16-19,21-22H2,1-9H3,(H,33,35). The second-order valence-corrected chi connectivity index (χ2v) is 18.0. The molecule has 9 heteroatoms. The number of rotatable bonds is 13. The first-order chi connectivity index (χ1) is 18.5. The highest BCUT2D eigenvalue weighted by molar-refractivity contribution is 6.74. The SMILES string of the molecule is COc1ccc(CCOc2ccc(CCC(CO)(CO[Si](C)(C)C(C)(C)C)NC(=O)OC(C)(C)C)c(Cl)c2)cc1. The van der Waals surface area contributed by atoms with Crippen LogP contribution in [0.2, 0.25) is 23.2 Å². The molecule has 0 aliphatic carbocycles. The van der Waals surface area contributed by atoms with Gasteiger partial charge in [-0.1, -0.05) is 50.6 Å². The fourth-order valence-corrected chi connectivity index (χ4v) is 5.00. The minimum Gasteiger partial charge on any atom is -0.497 e. The summed E-state index contributed by atoms with van der Waals surface area (Å²) in [5.41, 5.74) is 0.342. The van der Waals surface area contributed by atoms with Gasteiger partial charge in [0.05, 0.1) is 32.5 Å². The summed E-state index contributed by atoms with van der Waals surface area (Å²) >= 11 is 6.64. The summed E-state index contributed by atoms with van der Waals surface area (Å²) in [5, 5.41) is 14.0. The molecule has 1 atom stereocenters.